The van der Waals surface area contributed by atoms with Crippen LogP contribution in [0.1, 0.15) is 15.9 Å². The van der Waals surface area contributed by atoms with Gasteiger partial charge in [0.25, 0.3) is 5.91 Å². The lowest BCUT2D eigenvalue weighted by Crippen LogP contribution is -2.25. The van der Waals surface area contributed by atoms with Gasteiger partial charge in [-0.3, -0.25) is 4.79 Å². The minimum absolute atomic E-state index is 0.157. The van der Waals surface area contributed by atoms with Crippen molar-refractivity contribution in [2.45, 2.75) is 6.42 Å². The molecule has 0 bridgehead atoms. The molecule has 0 spiro atoms. The van der Waals surface area contributed by atoms with E-state index in [0.29, 0.717) is 24.4 Å². The Kier molecular flexibility index (Phi) is 4.09. The fourth-order valence-electron chi connectivity index (χ4n) is 2.15. The number of ether oxygens (including phenoxy) is 3. The molecule has 114 valence electrons. The van der Waals surface area contributed by atoms with Gasteiger partial charge in [-0.25, -0.2) is 4.98 Å². The molecule has 1 aromatic heterocycles. The number of hydrogen-bond donors (Lipinski definition) is 1. The quantitative estimate of drug-likeness (QED) is 0.911. The number of aromatic nitrogens is 1. The third-order valence-electron chi connectivity index (χ3n) is 3.34. The molecular formula is C16H16N2O4. The van der Waals surface area contributed by atoms with Crippen molar-refractivity contribution in [3.8, 4) is 17.4 Å². The van der Waals surface area contributed by atoms with Crippen LogP contribution < -0.4 is 19.5 Å². The van der Waals surface area contributed by atoms with Crippen LogP contribution in [0, 0.1) is 0 Å². The third kappa shape index (κ3) is 3.11. The summed E-state index contributed by atoms with van der Waals surface area (Å²) in [6.07, 6.45) is 2.21. The molecule has 1 amide bonds. The Balaban J connectivity index is 1.52. The van der Waals surface area contributed by atoms with E-state index in [4.69, 9.17) is 14.2 Å². The summed E-state index contributed by atoms with van der Waals surface area (Å²) in [5, 5.41) is 2.86. The molecule has 1 aliphatic heterocycles. The molecule has 2 aromatic rings. The SMILES string of the molecule is COc1ccc(C(=O)NCCc2ccc3c(c2)OCO3)cn1. The van der Waals surface area contributed by atoms with Crippen LogP contribution in [-0.4, -0.2) is 31.3 Å². The van der Waals surface area contributed by atoms with Crippen LogP contribution in [0.4, 0.5) is 0 Å². The highest BCUT2D eigenvalue weighted by Gasteiger charge is 2.13. The highest BCUT2D eigenvalue weighted by Crippen LogP contribution is 2.32. The maximum Gasteiger partial charge on any atom is 0.252 e. The Labute approximate surface area is 128 Å². The molecule has 6 heteroatoms. The van der Waals surface area contributed by atoms with E-state index < -0.39 is 0 Å². The summed E-state index contributed by atoms with van der Waals surface area (Å²) in [5.41, 5.74) is 1.59. The number of hydrogen-bond acceptors (Lipinski definition) is 5. The molecule has 1 N–H and O–H groups in total. The van der Waals surface area contributed by atoms with Crippen molar-refractivity contribution in [3.63, 3.8) is 0 Å². The number of fused-ring (bicyclic) bond motifs is 1. The Morgan fingerprint density at radius 2 is 2.14 bits per heavy atom. The number of nitrogens with zero attached hydrogens (tertiary/aromatic N) is 1. The van der Waals surface area contributed by atoms with Crippen LogP contribution in [-0.2, 0) is 6.42 Å². The van der Waals surface area contributed by atoms with E-state index in [1.165, 1.54) is 13.3 Å². The number of benzene rings is 1. The average molecular weight is 300 g/mol. The summed E-state index contributed by atoms with van der Waals surface area (Å²) >= 11 is 0. The maximum atomic E-state index is 12.0. The van der Waals surface area contributed by atoms with Crippen molar-refractivity contribution in [3.05, 3.63) is 47.7 Å². The molecule has 0 atom stereocenters. The Morgan fingerprint density at radius 3 is 2.91 bits per heavy atom. The minimum atomic E-state index is -0.157. The largest absolute Gasteiger partial charge is 0.481 e. The summed E-state index contributed by atoms with van der Waals surface area (Å²) in [6.45, 7) is 0.796. The van der Waals surface area contributed by atoms with Crippen molar-refractivity contribution < 1.29 is 19.0 Å². The smallest absolute Gasteiger partial charge is 0.252 e. The highest BCUT2D eigenvalue weighted by atomic mass is 16.7. The van der Waals surface area contributed by atoms with Gasteiger partial charge < -0.3 is 19.5 Å². The lowest BCUT2D eigenvalue weighted by atomic mass is 10.1. The van der Waals surface area contributed by atoms with Gasteiger partial charge in [0.1, 0.15) is 0 Å². The molecule has 22 heavy (non-hydrogen) atoms. The van der Waals surface area contributed by atoms with Gasteiger partial charge in [-0.05, 0) is 30.2 Å². The molecule has 0 radical (unpaired) electrons. The second kappa shape index (κ2) is 6.34. The van der Waals surface area contributed by atoms with Gasteiger partial charge in [-0.1, -0.05) is 6.07 Å². The molecular weight excluding hydrogens is 284 g/mol. The highest BCUT2D eigenvalue weighted by molar-refractivity contribution is 5.93. The predicted octanol–water partition coefficient (Wildman–Crippen LogP) is 1.79. The van der Waals surface area contributed by atoms with Gasteiger partial charge in [-0.2, -0.15) is 0 Å². The fourth-order valence-corrected chi connectivity index (χ4v) is 2.15. The summed E-state index contributed by atoms with van der Waals surface area (Å²) in [4.78, 5) is 16.0. The second-order valence-corrected chi connectivity index (χ2v) is 4.78. The average Bonchev–Trinajstić information content (AvgIpc) is 3.02. The summed E-state index contributed by atoms with van der Waals surface area (Å²) < 4.78 is 15.6. The number of carbonyl (C=O) groups excluding carboxylic acids is 1. The van der Waals surface area contributed by atoms with Gasteiger partial charge in [0.15, 0.2) is 11.5 Å². The fraction of sp³-hybridized carbons (Fsp3) is 0.250. The van der Waals surface area contributed by atoms with E-state index in [9.17, 15) is 4.79 Å². The van der Waals surface area contributed by atoms with Gasteiger partial charge in [0.05, 0.1) is 12.7 Å². The molecule has 1 aliphatic rings. The van der Waals surface area contributed by atoms with Crippen LogP contribution in [0.25, 0.3) is 0 Å². The molecule has 0 fully saturated rings. The number of rotatable bonds is 5. The number of carbonyl (C=O) groups is 1. The maximum absolute atomic E-state index is 12.0. The van der Waals surface area contributed by atoms with Crippen molar-refractivity contribution in [2.75, 3.05) is 20.4 Å². The summed E-state index contributed by atoms with van der Waals surface area (Å²) in [7, 11) is 1.54. The number of methoxy groups -OCH3 is 1. The molecule has 6 nitrogen and oxygen atoms in total. The summed E-state index contributed by atoms with van der Waals surface area (Å²) in [5.74, 6) is 1.84. The van der Waals surface area contributed by atoms with E-state index >= 15 is 0 Å². The first-order valence-electron chi connectivity index (χ1n) is 6.93. The zero-order chi connectivity index (χ0) is 15.4. The van der Waals surface area contributed by atoms with E-state index in [-0.39, 0.29) is 12.7 Å². The second-order valence-electron chi connectivity index (χ2n) is 4.78. The van der Waals surface area contributed by atoms with Crippen molar-refractivity contribution in [1.82, 2.24) is 10.3 Å². The lowest BCUT2D eigenvalue weighted by molar-refractivity contribution is 0.0953. The van der Waals surface area contributed by atoms with Crippen LogP contribution in [0.3, 0.4) is 0 Å². The molecule has 0 unspecified atom stereocenters. The normalized spacial score (nSPS) is 12.0. The van der Waals surface area contributed by atoms with Gasteiger partial charge >= 0.3 is 0 Å². The first-order chi connectivity index (χ1) is 10.8. The van der Waals surface area contributed by atoms with Gasteiger partial charge in [-0.15, -0.1) is 0 Å². The molecule has 3 rings (SSSR count). The molecule has 1 aromatic carbocycles. The van der Waals surface area contributed by atoms with E-state index in [0.717, 1.165) is 17.1 Å². The van der Waals surface area contributed by atoms with E-state index in [1.54, 1.807) is 12.1 Å². The monoisotopic (exact) mass is 300 g/mol. The van der Waals surface area contributed by atoms with Crippen LogP contribution in [0.2, 0.25) is 0 Å². The van der Waals surface area contributed by atoms with Crippen LogP contribution in [0.15, 0.2) is 36.5 Å². The Morgan fingerprint density at radius 1 is 1.27 bits per heavy atom. The molecule has 2 heterocycles. The van der Waals surface area contributed by atoms with Crippen molar-refractivity contribution >= 4 is 5.91 Å². The first-order valence-corrected chi connectivity index (χ1v) is 6.93. The standard InChI is InChI=1S/C16H16N2O4/c1-20-15-5-3-12(9-18-15)16(19)17-7-6-11-2-4-13-14(8-11)22-10-21-13/h2-5,8-9H,6-7,10H2,1H3,(H,17,19). The number of amides is 1. The lowest BCUT2D eigenvalue weighted by Gasteiger charge is -2.06. The van der Waals surface area contributed by atoms with Crippen molar-refractivity contribution in [2.24, 2.45) is 0 Å². The zero-order valence-electron chi connectivity index (χ0n) is 12.2. The van der Waals surface area contributed by atoms with Gasteiger partial charge in [0, 0.05) is 18.8 Å². The zero-order valence-corrected chi connectivity index (χ0v) is 12.2. The van der Waals surface area contributed by atoms with Crippen molar-refractivity contribution in [1.29, 1.82) is 0 Å². The number of pyridine rings is 1. The minimum Gasteiger partial charge on any atom is -0.481 e. The predicted molar refractivity (Wildman–Crippen MR) is 79.4 cm³/mol. The van der Waals surface area contributed by atoms with Crippen LogP contribution >= 0.6 is 0 Å². The van der Waals surface area contributed by atoms with E-state index in [1.807, 2.05) is 18.2 Å². The van der Waals surface area contributed by atoms with E-state index in [2.05, 4.69) is 10.3 Å². The molecule has 0 saturated carbocycles. The topological polar surface area (TPSA) is 69.7 Å². The number of nitrogens with one attached hydrogen (secondary N) is 1. The summed E-state index contributed by atoms with van der Waals surface area (Å²) in [6, 6.07) is 9.12. The molecule has 0 aliphatic carbocycles. The first kappa shape index (κ1) is 14.2. The van der Waals surface area contributed by atoms with Crippen LogP contribution in [0.5, 0.6) is 17.4 Å². The Hall–Kier alpha value is -2.76. The third-order valence-corrected chi connectivity index (χ3v) is 3.34. The Bertz CT molecular complexity index is 670. The molecule has 0 saturated heterocycles. The van der Waals surface area contributed by atoms with Gasteiger partial charge in [0.2, 0.25) is 12.7 Å².